The Bertz CT molecular complexity index is 708. The van der Waals surface area contributed by atoms with Crippen LogP contribution < -0.4 is 0 Å². The quantitative estimate of drug-likeness (QED) is 0.732. The van der Waals surface area contributed by atoms with Crippen LogP contribution in [0.5, 0.6) is 0 Å². The Morgan fingerprint density at radius 2 is 1.68 bits per heavy atom. The highest BCUT2D eigenvalue weighted by Crippen LogP contribution is 2.28. The van der Waals surface area contributed by atoms with E-state index in [1.54, 1.807) is 6.92 Å². The molecular weight excluding hydrogens is 234 g/mol. The molecule has 1 unspecified atom stereocenters. The Hall–Kier alpha value is -2.06. The van der Waals surface area contributed by atoms with Gasteiger partial charge in [-0.1, -0.05) is 35.9 Å². The number of hydrogen-bond acceptors (Lipinski definition) is 1. The smallest absolute Gasteiger partial charge is 0.0782 e. The summed E-state index contributed by atoms with van der Waals surface area (Å²) in [6.45, 7) is 3.89. The molecule has 2 aromatic carbocycles. The van der Waals surface area contributed by atoms with E-state index < -0.39 is 6.10 Å². The zero-order valence-corrected chi connectivity index (χ0v) is 11.2. The van der Waals surface area contributed by atoms with Crippen molar-refractivity contribution in [3.63, 3.8) is 0 Å². The van der Waals surface area contributed by atoms with Gasteiger partial charge in [0.15, 0.2) is 0 Å². The summed E-state index contributed by atoms with van der Waals surface area (Å²) in [5, 5.41) is 11.0. The molecule has 0 spiro atoms. The fraction of sp³-hybridized carbons (Fsp3) is 0.176. The average Bonchev–Trinajstić information content (AvgIpc) is 2.79. The zero-order chi connectivity index (χ0) is 13.4. The normalized spacial score (nSPS) is 12.8. The van der Waals surface area contributed by atoms with Crippen molar-refractivity contribution in [1.82, 2.24) is 4.57 Å². The van der Waals surface area contributed by atoms with Crippen molar-refractivity contribution in [3.05, 3.63) is 65.9 Å². The van der Waals surface area contributed by atoms with E-state index in [2.05, 4.69) is 47.9 Å². The second-order valence-electron chi connectivity index (χ2n) is 4.98. The van der Waals surface area contributed by atoms with Crippen LogP contribution in [0.3, 0.4) is 0 Å². The van der Waals surface area contributed by atoms with Gasteiger partial charge in [0.05, 0.1) is 11.6 Å². The van der Waals surface area contributed by atoms with Crippen LogP contribution in [0, 0.1) is 6.92 Å². The van der Waals surface area contributed by atoms with E-state index >= 15 is 0 Å². The van der Waals surface area contributed by atoms with Crippen molar-refractivity contribution in [1.29, 1.82) is 0 Å². The van der Waals surface area contributed by atoms with E-state index in [1.165, 1.54) is 5.56 Å². The minimum atomic E-state index is -0.461. The van der Waals surface area contributed by atoms with Gasteiger partial charge in [-0.25, -0.2) is 0 Å². The van der Waals surface area contributed by atoms with Crippen LogP contribution in [0.4, 0.5) is 0 Å². The fourth-order valence-electron chi connectivity index (χ4n) is 2.46. The second kappa shape index (κ2) is 4.56. The second-order valence-corrected chi connectivity index (χ2v) is 4.98. The number of aliphatic hydroxyl groups excluding tert-OH is 1. The van der Waals surface area contributed by atoms with Crippen LogP contribution >= 0.6 is 0 Å². The van der Waals surface area contributed by atoms with Crippen LogP contribution in [0.1, 0.15) is 24.2 Å². The van der Waals surface area contributed by atoms with Crippen LogP contribution in [0.2, 0.25) is 0 Å². The molecule has 1 aromatic heterocycles. The molecule has 0 aliphatic rings. The van der Waals surface area contributed by atoms with Crippen LogP contribution in [-0.4, -0.2) is 9.67 Å². The molecule has 3 aromatic rings. The summed E-state index contributed by atoms with van der Waals surface area (Å²) in [4.78, 5) is 0. The minimum Gasteiger partial charge on any atom is -0.389 e. The Labute approximate surface area is 112 Å². The maximum absolute atomic E-state index is 9.91. The Morgan fingerprint density at radius 1 is 1.00 bits per heavy atom. The molecule has 0 radical (unpaired) electrons. The van der Waals surface area contributed by atoms with Gasteiger partial charge in [-0.2, -0.15) is 0 Å². The molecule has 1 N–H and O–H groups in total. The van der Waals surface area contributed by atoms with Crippen LogP contribution in [0.15, 0.2) is 54.7 Å². The van der Waals surface area contributed by atoms with Crippen molar-refractivity contribution in [3.8, 4) is 5.69 Å². The summed E-state index contributed by atoms with van der Waals surface area (Å²) < 4.78 is 2.14. The predicted octanol–water partition coefficient (Wildman–Crippen LogP) is 3.99. The Kier molecular flexibility index (Phi) is 2.88. The number of nitrogens with zero attached hydrogens (tertiary/aromatic N) is 1. The van der Waals surface area contributed by atoms with Gasteiger partial charge in [0.2, 0.25) is 0 Å². The Balaban J connectivity index is 2.26. The first-order chi connectivity index (χ1) is 9.16. The number of aryl methyl sites for hydroxylation is 1. The first-order valence-electron chi connectivity index (χ1n) is 6.52. The molecule has 1 heterocycles. The molecular formula is C17H17NO. The highest BCUT2D eigenvalue weighted by atomic mass is 16.3. The topological polar surface area (TPSA) is 25.2 Å². The van der Waals surface area contributed by atoms with Gasteiger partial charge in [-0.3, -0.25) is 0 Å². The van der Waals surface area contributed by atoms with Gasteiger partial charge in [0, 0.05) is 22.8 Å². The maximum Gasteiger partial charge on any atom is 0.0782 e. The molecule has 96 valence electrons. The van der Waals surface area contributed by atoms with Crippen molar-refractivity contribution >= 4 is 10.9 Å². The molecule has 0 aliphatic heterocycles. The average molecular weight is 251 g/mol. The first kappa shape index (κ1) is 12.0. The third-order valence-corrected chi connectivity index (χ3v) is 3.51. The zero-order valence-electron chi connectivity index (χ0n) is 11.2. The molecule has 0 saturated heterocycles. The lowest BCUT2D eigenvalue weighted by Gasteiger charge is -2.05. The van der Waals surface area contributed by atoms with Crippen molar-refractivity contribution in [2.75, 3.05) is 0 Å². The maximum atomic E-state index is 9.91. The summed E-state index contributed by atoms with van der Waals surface area (Å²) in [6, 6.07) is 16.6. The van der Waals surface area contributed by atoms with E-state index in [0.717, 1.165) is 22.2 Å². The highest BCUT2D eigenvalue weighted by molar-refractivity contribution is 5.86. The van der Waals surface area contributed by atoms with E-state index in [0.29, 0.717) is 0 Å². The van der Waals surface area contributed by atoms with Gasteiger partial charge in [-0.05, 0) is 32.0 Å². The van der Waals surface area contributed by atoms with E-state index in [9.17, 15) is 5.11 Å². The molecule has 0 saturated carbocycles. The lowest BCUT2D eigenvalue weighted by atomic mass is 10.1. The van der Waals surface area contributed by atoms with Gasteiger partial charge in [0.1, 0.15) is 0 Å². The monoisotopic (exact) mass is 251 g/mol. The number of fused-ring (bicyclic) bond motifs is 1. The number of benzene rings is 2. The minimum absolute atomic E-state index is 0.461. The molecule has 0 amide bonds. The van der Waals surface area contributed by atoms with Crippen LogP contribution in [-0.2, 0) is 0 Å². The van der Waals surface area contributed by atoms with Crippen molar-refractivity contribution < 1.29 is 5.11 Å². The largest absolute Gasteiger partial charge is 0.389 e. The molecule has 0 bridgehead atoms. The number of para-hydroxylation sites is 1. The highest BCUT2D eigenvalue weighted by Gasteiger charge is 2.12. The third-order valence-electron chi connectivity index (χ3n) is 3.51. The fourth-order valence-corrected chi connectivity index (χ4v) is 2.46. The first-order valence-corrected chi connectivity index (χ1v) is 6.52. The van der Waals surface area contributed by atoms with Crippen molar-refractivity contribution in [2.24, 2.45) is 0 Å². The summed E-state index contributed by atoms with van der Waals surface area (Å²) in [5.74, 6) is 0. The van der Waals surface area contributed by atoms with Crippen molar-refractivity contribution in [2.45, 2.75) is 20.0 Å². The number of aliphatic hydroxyl groups is 1. The molecule has 0 aliphatic carbocycles. The lowest BCUT2D eigenvalue weighted by molar-refractivity contribution is 0.201. The standard InChI is InChI=1S/C17H17NO/c1-12-7-9-14(10-8-12)18-11-16(13(2)19)15-5-3-4-6-17(15)18/h3-11,13,19H,1-2H3. The molecule has 2 heteroatoms. The van der Waals surface area contributed by atoms with Gasteiger partial charge >= 0.3 is 0 Å². The lowest BCUT2D eigenvalue weighted by Crippen LogP contribution is -1.92. The van der Waals surface area contributed by atoms with Gasteiger partial charge in [0.25, 0.3) is 0 Å². The SMILES string of the molecule is Cc1ccc(-n2cc(C(C)O)c3ccccc32)cc1. The molecule has 3 rings (SSSR count). The molecule has 0 fully saturated rings. The van der Waals surface area contributed by atoms with E-state index in [1.807, 2.05) is 18.3 Å². The number of hydrogen-bond donors (Lipinski definition) is 1. The van der Waals surface area contributed by atoms with E-state index in [-0.39, 0.29) is 0 Å². The van der Waals surface area contributed by atoms with Gasteiger partial charge < -0.3 is 9.67 Å². The summed E-state index contributed by atoms with van der Waals surface area (Å²) in [5.41, 5.74) is 4.46. The van der Waals surface area contributed by atoms with Crippen LogP contribution in [0.25, 0.3) is 16.6 Å². The molecule has 2 nitrogen and oxygen atoms in total. The Morgan fingerprint density at radius 3 is 2.37 bits per heavy atom. The predicted molar refractivity (Wildman–Crippen MR) is 78.6 cm³/mol. The number of aromatic nitrogens is 1. The summed E-state index contributed by atoms with van der Waals surface area (Å²) in [6.07, 6.45) is 1.57. The summed E-state index contributed by atoms with van der Waals surface area (Å²) in [7, 11) is 0. The summed E-state index contributed by atoms with van der Waals surface area (Å²) >= 11 is 0. The van der Waals surface area contributed by atoms with Gasteiger partial charge in [-0.15, -0.1) is 0 Å². The molecule has 1 atom stereocenters. The third kappa shape index (κ3) is 2.04. The molecule has 19 heavy (non-hydrogen) atoms. The number of rotatable bonds is 2. The van der Waals surface area contributed by atoms with E-state index in [4.69, 9.17) is 0 Å².